The SMILES string of the molecule is O=C(O)CCC(=O)OC=CC(=O)OCCOC(=O)CCC(=O)O. The highest BCUT2D eigenvalue weighted by Gasteiger charge is 2.07. The van der Waals surface area contributed by atoms with Crippen molar-refractivity contribution < 1.29 is 48.4 Å². The van der Waals surface area contributed by atoms with Gasteiger partial charge >= 0.3 is 29.8 Å². The Hall–Kier alpha value is -2.91. The average Bonchev–Trinajstić information content (AvgIpc) is 2.47. The predicted molar refractivity (Wildman–Crippen MR) is 70.9 cm³/mol. The molecule has 0 fully saturated rings. The van der Waals surface area contributed by atoms with E-state index in [2.05, 4.69) is 14.2 Å². The monoisotopic (exact) mass is 332 g/mol. The molecule has 0 unspecified atom stereocenters. The third-order valence-corrected chi connectivity index (χ3v) is 2.08. The van der Waals surface area contributed by atoms with Crippen molar-refractivity contribution in [3.63, 3.8) is 0 Å². The molecule has 0 amide bonds. The summed E-state index contributed by atoms with van der Waals surface area (Å²) in [7, 11) is 0. The van der Waals surface area contributed by atoms with Crippen molar-refractivity contribution in [3.8, 4) is 0 Å². The number of carboxylic acid groups (broad SMARTS) is 2. The molecular formula is C13H16O10. The summed E-state index contributed by atoms with van der Waals surface area (Å²) in [6.45, 7) is -0.495. The molecule has 0 saturated carbocycles. The minimum absolute atomic E-state index is 0.240. The van der Waals surface area contributed by atoms with Crippen molar-refractivity contribution in [3.05, 3.63) is 12.3 Å². The van der Waals surface area contributed by atoms with Crippen LogP contribution >= 0.6 is 0 Å². The molecule has 0 aliphatic heterocycles. The molecule has 128 valence electrons. The second-order valence-corrected chi connectivity index (χ2v) is 3.97. The highest BCUT2D eigenvalue weighted by Crippen LogP contribution is 1.95. The number of carboxylic acids is 2. The topological polar surface area (TPSA) is 153 Å². The Morgan fingerprint density at radius 1 is 0.739 bits per heavy atom. The van der Waals surface area contributed by atoms with Gasteiger partial charge in [-0.2, -0.15) is 0 Å². The van der Waals surface area contributed by atoms with Gasteiger partial charge in [0.15, 0.2) is 0 Å². The molecule has 23 heavy (non-hydrogen) atoms. The lowest BCUT2D eigenvalue weighted by Crippen LogP contribution is -2.13. The molecule has 0 saturated heterocycles. The third kappa shape index (κ3) is 13.8. The van der Waals surface area contributed by atoms with Crippen molar-refractivity contribution in [1.82, 2.24) is 0 Å². The summed E-state index contributed by atoms with van der Waals surface area (Å²) < 4.78 is 13.6. The predicted octanol–water partition coefficient (Wildman–Crippen LogP) is -0.141. The second-order valence-electron chi connectivity index (χ2n) is 3.97. The van der Waals surface area contributed by atoms with E-state index in [-0.39, 0.29) is 38.9 Å². The zero-order chi connectivity index (χ0) is 17.7. The van der Waals surface area contributed by atoms with Gasteiger partial charge in [0.2, 0.25) is 0 Å². The molecule has 2 N–H and O–H groups in total. The van der Waals surface area contributed by atoms with Crippen LogP contribution in [-0.4, -0.2) is 53.3 Å². The van der Waals surface area contributed by atoms with Gasteiger partial charge in [-0.3, -0.25) is 19.2 Å². The highest BCUT2D eigenvalue weighted by atomic mass is 16.6. The van der Waals surface area contributed by atoms with Crippen LogP contribution in [-0.2, 0) is 38.2 Å². The lowest BCUT2D eigenvalue weighted by atomic mass is 10.3. The van der Waals surface area contributed by atoms with Gasteiger partial charge in [0.25, 0.3) is 0 Å². The lowest BCUT2D eigenvalue weighted by Gasteiger charge is -2.04. The van der Waals surface area contributed by atoms with Gasteiger partial charge in [-0.1, -0.05) is 0 Å². The molecule has 0 rings (SSSR count). The van der Waals surface area contributed by atoms with Crippen molar-refractivity contribution >= 4 is 29.8 Å². The average molecular weight is 332 g/mol. The number of esters is 3. The smallest absolute Gasteiger partial charge is 0.334 e. The fourth-order valence-electron chi connectivity index (χ4n) is 1.06. The van der Waals surface area contributed by atoms with Crippen LogP contribution in [0.4, 0.5) is 0 Å². The van der Waals surface area contributed by atoms with Gasteiger partial charge in [-0.15, -0.1) is 0 Å². The molecule has 0 bridgehead atoms. The summed E-state index contributed by atoms with van der Waals surface area (Å²) >= 11 is 0. The van der Waals surface area contributed by atoms with E-state index in [1.165, 1.54) is 0 Å². The largest absolute Gasteiger partial charge is 0.481 e. The van der Waals surface area contributed by atoms with Gasteiger partial charge in [0.1, 0.15) is 19.5 Å². The van der Waals surface area contributed by atoms with Crippen LogP contribution in [0.1, 0.15) is 25.7 Å². The number of carbonyl (C=O) groups excluding carboxylic acids is 3. The maximum Gasteiger partial charge on any atom is 0.334 e. The first kappa shape index (κ1) is 20.1. The van der Waals surface area contributed by atoms with E-state index >= 15 is 0 Å². The van der Waals surface area contributed by atoms with Crippen LogP contribution in [0.5, 0.6) is 0 Å². The van der Waals surface area contributed by atoms with Crippen molar-refractivity contribution in [2.24, 2.45) is 0 Å². The Bertz CT molecular complexity index is 479. The molecule has 0 radical (unpaired) electrons. The van der Waals surface area contributed by atoms with Crippen LogP contribution in [0, 0.1) is 0 Å². The number of aliphatic carboxylic acids is 2. The van der Waals surface area contributed by atoms with Gasteiger partial charge in [-0.05, 0) is 0 Å². The van der Waals surface area contributed by atoms with E-state index in [1.807, 2.05) is 0 Å². The summed E-state index contributed by atoms with van der Waals surface area (Å²) in [6.07, 6.45) is 0.200. The fourth-order valence-corrected chi connectivity index (χ4v) is 1.06. The quantitative estimate of drug-likeness (QED) is 0.172. The molecule has 10 heteroatoms. The van der Waals surface area contributed by atoms with Crippen LogP contribution in [0.15, 0.2) is 12.3 Å². The van der Waals surface area contributed by atoms with E-state index in [1.54, 1.807) is 0 Å². The Labute approximate surface area is 130 Å². The zero-order valence-electron chi connectivity index (χ0n) is 12.1. The normalized spacial score (nSPS) is 10.1. The van der Waals surface area contributed by atoms with Crippen molar-refractivity contribution in [2.75, 3.05) is 13.2 Å². The minimum atomic E-state index is -1.15. The number of hydrogen-bond donors (Lipinski definition) is 2. The van der Waals surface area contributed by atoms with E-state index in [0.717, 1.165) is 12.3 Å². The third-order valence-electron chi connectivity index (χ3n) is 2.08. The summed E-state index contributed by atoms with van der Waals surface area (Å²) in [5.74, 6) is -4.69. The molecule has 0 atom stereocenters. The first-order valence-corrected chi connectivity index (χ1v) is 6.43. The number of carbonyl (C=O) groups is 5. The summed E-state index contributed by atoms with van der Waals surface area (Å²) in [4.78, 5) is 53.5. The first-order chi connectivity index (χ1) is 10.8. The van der Waals surface area contributed by atoms with E-state index in [0.29, 0.717) is 0 Å². The zero-order valence-corrected chi connectivity index (χ0v) is 12.1. The van der Waals surface area contributed by atoms with E-state index in [4.69, 9.17) is 10.2 Å². The van der Waals surface area contributed by atoms with E-state index in [9.17, 15) is 24.0 Å². The molecule has 0 aliphatic rings. The van der Waals surface area contributed by atoms with Crippen LogP contribution < -0.4 is 0 Å². The van der Waals surface area contributed by atoms with Crippen LogP contribution in [0.3, 0.4) is 0 Å². The van der Waals surface area contributed by atoms with Crippen molar-refractivity contribution in [2.45, 2.75) is 25.7 Å². The summed E-state index contributed by atoms with van der Waals surface area (Å²) in [5.41, 5.74) is 0. The lowest BCUT2D eigenvalue weighted by molar-refractivity contribution is -0.151. The molecule has 0 aromatic carbocycles. The second kappa shape index (κ2) is 11.7. The number of rotatable bonds is 11. The van der Waals surface area contributed by atoms with Crippen LogP contribution in [0.25, 0.3) is 0 Å². The Kier molecular flexibility index (Phi) is 10.2. The molecule has 0 aromatic rings. The minimum Gasteiger partial charge on any atom is -0.481 e. The van der Waals surface area contributed by atoms with Gasteiger partial charge in [-0.25, -0.2) is 4.79 Å². The van der Waals surface area contributed by atoms with Crippen molar-refractivity contribution in [1.29, 1.82) is 0 Å². The molecule has 10 nitrogen and oxygen atoms in total. The maximum atomic E-state index is 11.1. The Morgan fingerprint density at radius 2 is 1.26 bits per heavy atom. The van der Waals surface area contributed by atoms with Gasteiger partial charge in [0, 0.05) is 0 Å². The molecule has 0 aliphatic carbocycles. The van der Waals surface area contributed by atoms with Gasteiger partial charge in [0.05, 0.1) is 31.8 Å². The first-order valence-electron chi connectivity index (χ1n) is 6.43. The van der Waals surface area contributed by atoms with Gasteiger partial charge < -0.3 is 24.4 Å². The maximum absolute atomic E-state index is 11.1. The fraction of sp³-hybridized carbons (Fsp3) is 0.462. The van der Waals surface area contributed by atoms with Crippen LogP contribution in [0.2, 0.25) is 0 Å². The standard InChI is InChI=1S/C13H16O10/c14-9(15)1-3-11(18)21-6-5-13(20)23-8-7-22-12(19)4-2-10(16)17/h5-6H,1-4,7-8H2,(H,14,15)(H,16,17). The highest BCUT2D eigenvalue weighted by molar-refractivity contribution is 5.82. The Morgan fingerprint density at radius 3 is 1.83 bits per heavy atom. The van der Waals surface area contributed by atoms with E-state index < -0.39 is 29.8 Å². The number of ether oxygens (including phenoxy) is 3. The molecule has 0 spiro atoms. The molecule has 0 aromatic heterocycles. The number of hydrogen-bond acceptors (Lipinski definition) is 8. The molecule has 0 heterocycles. The molecular weight excluding hydrogens is 316 g/mol. The summed E-state index contributed by atoms with van der Waals surface area (Å²) in [5, 5.41) is 16.7. The summed E-state index contributed by atoms with van der Waals surface area (Å²) in [6, 6.07) is 0. The Balaban J connectivity index is 3.72.